The van der Waals surface area contributed by atoms with Crippen LogP contribution in [0.5, 0.6) is 0 Å². The van der Waals surface area contributed by atoms with Crippen molar-refractivity contribution in [1.29, 1.82) is 0 Å². The number of nitrogens with one attached hydrogen (secondary N) is 1. The van der Waals surface area contributed by atoms with Gasteiger partial charge in [0.1, 0.15) is 0 Å². The van der Waals surface area contributed by atoms with E-state index in [1.807, 2.05) is 4.90 Å². The zero-order chi connectivity index (χ0) is 18.9. The van der Waals surface area contributed by atoms with E-state index in [4.69, 9.17) is 9.47 Å². The van der Waals surface area contributed by atoms with Crippen LogP contribution in [-0.2, 0) is 19.1 Å². The number of rotatable bonds is 7. The molecule has 1 amide bonds. The minimum atomic E-state index is -0.469. The number of esters is 2. The molecule has 1 N–H and O–H groups in total. The Kier molecular flexibility index (Phi) is 7.59. The van der Waals surface area contributed by atoms with E-state index in [0.717, 1.165) is 19.4 Å². The Morgan fingerprint density at radius 1 is 1.15 bits per heavy atom. The monoisotopic (exact) mass is 362 g/mol. The van der Waals surface area contributed by atoms with Gasteiger partial charge >= 0.3 is 11.9 Å². The first-order chi connectivity index (χ1) is 12.5. The molecular formula is C19H26N2O5. The lowest BCUT2D eigenvalue weighted by Gasteiger charge is -2.30. The molecule has 26 heavy (non-hydrogen) atoms. The SMILES string of the molecule is CCOC(=O)c1ccccc1NC(=O)CN1CCCC(C(=O)OCC)C1. The standard InChI is InChI=1S/C19H26N2O5/c1-3-25-18(23)14-8-7-11-21(12-14)13-17(22)20-16-10-6-5-9-15(16)19(24)26-4-2/h5-6,9-10,14H,3-4,7-8,11-13H2,1-2H3,(H,20,22). The number of carbonyl (C=O) groups is 3. The molecule has 7 nitrogen and oxygen atoms in total. The highest BCUT2D eigenvalue weighted by atomic mass is 16.5. The molecule has 7 heteroatoms. The van der Waals surface area contributed by atoms with Crippen molar-refractivity contribution in [1.82, 2.24) is 4.90 Å². The molecule has 0 aromatic heterocycles. The largest absolute Gasteiger partial charge is 0.466 e. The molecule has 0 bridgehead atoms. The van der Waals surface area contributed by atoms with E-state index < -0.39 is 5.97 Å². The predicted molar refractivity (Wildman–Crippen MR) is 96.8 cm³/mol. The zero-order valence-electron chi connectivity index (χ0n) is 15.3. The highest BCUT2D eigenvalue weighted by Gasteiger charge is 2.28. The summed E-state index contributed by atoms with van der Waals surface area (Å²) in [5.74, 6) is -1.09. The number of piperidine rings is 1. The second-order valence-electron chi connectivity index (χ2n) is 6.14. The van der Waals surface area contributed by atoms with Gasteiger partial charge in [-0.1, -0.05) is 12.1 Å². The molecule has 0 aliphatic carbocycles. The summed E-state index contributed by atoms with van der Waals surface area (Å²) in [6.07, 6.45) is 1.62. The fourth-order valence-electron chi connectivity index (χ4n) is 3.02. The molecule has 1 saturated heterocycles. The van der Waals surface area contributed by atoms with Gasteiger partial charge in [-0.15, -0.1) is 0 Å². The molecule has 142 valence electrons. The number of carbonyl (C=O) groups excluding carboxylic acids is 3. The van der Waals surface area contributed by atoms with Gasteiger partial charge in [0, 0.05) is 6.54 Å². The highest BCUT2D eigenvalue weighted by molar-refractivity contribution is 6.01. The van der Waals surface area contributed by atoms with Gasteiger partial charge in [0.25, 0.3) is 0 Å². The fourth-order valence-corrected chi connectivity index (χ4v) is 3.02. The van der Waals surface area contributed by atoms with Gasteiger partial charge < -0.3 is 14.8 Å². The van der Waals surface area contributed by atoms with Crippen LogP contribution < -0.4 is 5.32 Å². The number of nitrogens with zero attached hydrogens (tertiary/aromatic N) is 1. The van der Waals surface area contributed by atoms with Crippen molar-refractivity contribution in [2.45, 2.75) is 26.7 Å². The molecule has 1 atom stereocenters. The summed E-state index contributed by atoms with van der Waals surface area (Å²) in [6, 6.07) is 6.75. The Morgan fingerprint density at radius 3 is 2.62 bits per heavy atom. The fraction of sp³-hybridized carbons (Fsp3) is 0.526. The Morgan fingerprint density at radius 2 is 1.88 bits per heavy atom. The van der Waals surface area contributed by atoms with E-state index in [1.165, 1.54) is 0 Å². The molecular weight excluding hydrogens is 336 g/mol. The Bertz CT molecular complexity index is 647. The second-order valence-corrected chi connectivity index (χ2v) is 6.14. The van der Waals surface area contributed by atoms with Gasteiger partial charge in [-0.25, -0.2) is 4.79 Å². The van der Waals surface area contributed by atoms with E-state index in [9.17, 15) is 14.4 Å². The van der Waals surface area contributed by atoms with Crippen LogP contribution in [0.25, 0.3) is 0 Å². The molecule has 0 radical (unpaired) electrons. The maximum absolute atomic E-state index is 12.4. The van der Waals surface area contributed by atoms with Gasteiger partial charge in [0.05, 0.1) is 36.9 Å². The van der Waals surface area contributed by atoms with Crippen molar-refractivity contribution < 1.29 is 23.9 Å². The lowest BCUT2D eigenvalue weighted by atomic mass is 9.98. The van der Waals surface area contributed by atoms with Crippen molar-refractivity contribution in [3.8, 4) is 0 Å². The summed E-state index contributed by atoms with van der Waals surface area (Å²) < 4.78 is 10.1. The predicted octanol–water partition coefficient (Wildman–Crippen LogP) is 2.08. The molecule has 1 aliphatic rings. The molecule has 1 unspecified atom stereocenters. The van der Waals surface area contributed by atoms with E-state index in [1.54, 1.807) is 38.1 Å². The van der Waals surface area contributed by atoms with Crippen molar-refractivity contribution in [3.05, 3.63) is 29.8 Å². The van der Waals surface area contributed by atoms with Gasteiger partial charge in [-0.3, -0.25) is 14.5 Å². The van der Waals surface area contributed by atoms with E-state index >= 15 is 0 Å². The summed E-state index contributed by atoms with van der Waals surface area (Å²) >= 11 is 0. The molecule has 0 spiro atoms. The van der Waals surface area contributed by atoms with Gasteiger partial charge in [-0.2, -0.15) is 0 Å². The summed E-state index contributed by atoms with van der Waals surface area (Å²) in [5, 5.41) is 2.77. The first-order valence-electron chi connectivity index (χ1n) is 9.00. The normalized spacial score (nSPS) is 17.4. The molecule has 1 heterocycles. The van der Waals surface area contributed by atoms with Crippen molar-refractivity contribution in [3.63, 3.8) is 0 Å². The highest BCUT2D eigenvalue weighted by Crippen LogP contribution is 2.19. The maximum atomic E-state index is 12.4. The number of benzene rings is 1. The number of hydrogen-bond acceptors (Lipinski definition) is 6. The van der Waals surface area contributed by atoms with Crippen LogP contribution in [0.3, 0.4) is 0 Å². The first-order valence-corrected chi connectivity index (χ1v) is 9.00. The average molecular weight is 362 g/mol. The number of amides is 1. The van der Waals surface area contributed by atoms with Crippen LogP contribution in [-0.4, -0.2) is 55.6 Å². The molecule has 1 fully saturated rings. The van der Waals surface area contributed by atoms with Crippen LogP contribution in [0.4, 0.5) is 5.69 Å². The number of hydrogen-bond donors (Lipinski definition) is 1. The number of anilines is 1. The molecule has 2 rings (SSSR count). The van der Waals surface area contributed by atoms with Crippen molar-refractivity contribution in [2.24, 2.45) is 5.92 Å². The van der Waals surface area contributed by atoms with Gasteiger partial charge in [0.2, 0.25) is 5.91 Å². The molecule has 1 aliphatic heterocycles. The number of ether oxygens (including phenoxy) is 2. The number of para-hydroxylation sites is 1. The third-order valence-electron chi connectivity index (χ3n) is 4.19. The summed E-state index contributed by atoms with van der Waals surface area (Å²) in [6.45, 7) is 5.56. The Balaban J connectivity index is 1.94. The number of likely N-dealkylation sites (tertiary alicyclic amines) is 1. The lowest BCUT2D eigenvalue weighted by Crippen LogP contribution is -2.43. The van der Waals surface area contributed by atoms with E-state index in [0.29, 0.717) is 24.4 Å². The molecule has 0 saturated carbocycles. The van der Waals surface area contributed by atoms with E-state index in [-0.39, 0.29) is 30.9 Å². The quantitative estimate of drug-likeness (QED) is 0.748. The van der Waals surface area contributed by atoms with Crippen LogP contribution in [0, 0.1) is 5.92 Å². The summed E-state index contributed by atoms with van der Waals surface area (Å²) in [7, 11) is 0. The molecule has 1 aromatic carbocycles. The topological polar surface area (TPSA) is 84.9 Å². The zero-order valence-corrected chi connectivity index (χ0v) is 15.3. The van der Waals surface area contributed by atoms with Crippen LogP contribution in [0.2, 0.25) is 0 Å². The minimum Gasteiger partial charge on any atom is -0.466 e. The van der Waals surface area contributed by atoms with Crippen molar-refractivity contribution >= 4 is 23.5 Å². The average Bonchev–Trinajstić information content (AvgIpc) is 2.62. The van der Waals surface area contributed by atoms with Crippen molar-refractivity contribution in [2.75, 3.05) is 38.2 Å². The van der Waals surface area contributed by atoms with Crippen LogP contribution in [0.15, 0.2) is 24.3 Å². The summed E-state index contributed by atoms with van der Waals surface area (Å²) in [5.41, 5.74) is 0.751. The smallest absolute Gasteiger partial charge is 0.340 e. The lowest BCUT2D eigenvalue weighted by molar-refractivity contribution is -0.150. The first kappa shape index (κ1) is 19.9. The minimum absolute atomic E-state index is 0.160. The van der Waals surface area contributed by atoms with Crippen LogP contribution >= 0.6 is 0 Å². The van der Waals surface area contributed by atoms with Gasteiger partial charge in [-0.05, 0) is 45.4 Å². The van der Waals surface area contributed by atoms with E-state index in [2.05, 4.69) is 5.32 Å². The third kappa shape index (κ3) is 5.56. The third-order valence-corrected chi connectivity index (χ3v) is 4.19. The Hall–Kier alpha value is -2.41. The summed E-state index contributed by atoms with van der Waals surface area (Å²) in [4.78, 5) is 38.2. The molecule has 1 aromatic rings. The second kappa shape index (κ2) is 9.91. The van der Waals surface area contributed by atoms with Crippen LogP contribution in [0.1, 0.15) is 37.0 Å². The Labute approximate surface area is 153 Å². The van der Waals surface area contributed by atoms with Gasteiger partial charge in [0.15, 0.2) is 0 Å². The maximum Gasteiger partial charge on any atom is 0.340 e.